The largest absolute Gasteiger partial charge is 0.444 e. The Kier molecular flexibility index (Phi) is 7.90. The third kappa shape index (κ3) is 7.10. The van der Waals surface area contributed by atoms with E-state index in [2.05, 4.69) is 49.2 Å². The Hall–Kier alpha value is -1.59. The highest BCUT2D eigenvalue weighted by Crippen LogP contribution is 2.31. The summed E-state index contributed by atoms with van der Waals surface area (Å²) in [5, 5.41) is 9.10. The molecule has 5 nitrogen and oxygen atoms in total. The predicted molar refractivity (Wildman–Crippen MR) is 113 cm³/mol. The third-order valence-electron chi connectivity index (χ3n) is 5.56. The molecule has 0 aliphatic heterocycles. The van der Waals surface area contributed by atoms with Gasteiger partial charge in [0.15, 0.2) is 0 Å². The number of hydrogen-bond acceptors (Lipinski definition) is 4. The van der Waals surface area contributed by atoms with Crippen LogP contribution in [0.5, 0.6) is 0 Å². The lowest BCUT2D eigenvalue weighted by Crippen LogP contribution is -2.49. The van der Waals surface area contributed by atoms with E-state index in [0.717, 1.165) is 18.5 Å². The van der Waals surface area contributed by atoms with E-state index in [1.54, 1.807) is 11.9 Å². The number of aliphatic hydroxyl groups excluding tert-OH is 1. The molecule has 1 aromatic carbocycles. The normalized spacial score (nSPS) is 26.4. The molecule has 1 N–H and O–H groups in total. The van der Waals surface area contributed by atoms with Crippen LogP contribution in [0.4, 0.5) is 4.79 Å². The van der Waals surface area contributed by atoms with Crippen molar-refractivity contribution in [1.82, 2.24) is 9.80 Å². The van der Waals surface area contributed by atoms with E-state index in [4.69, 9.17) is 9.84 Å². The SMILES string of the molecule is CC1CC(N(C)Cc2ccccc2)C1.CN(C(=O)OC(C)(C)C)C1CC(O)C1. The molecule has 2 aliphatic rings. The number of rotatable bonds is 4. The predicted octanol–water partition coefficient (Wildman–Crippen LogP) is 4.29. The molecule has 1 aromatic rings. The molecule has 2 fully saturated rings. The molecule has 2 saturated carbocycles. The number of aliphatic hydroxyl groups is 1. The molecule has 3 rings (SSSR count). The molecular weight excluding hydrogens is 352 g/mol. The molecule has 0 unspecified atom stereocenters. The van der Waals surface area contributed by atoms with Crippen LogP contribution in [0, 0.1) is 5.92 Å². The number of carbonyl (C=O) groups is 1. The molecule has 158 valence electrons. The summed E-state index contributed by atoms with van der Waals surface area (Å²) in [6.45, 7) is 8.96. The average Bonchev–Trinajstić information content (AvgIpc) is 2.55. The highest BCUT2D eigenvalue weighted by Gasteiger charge is 2.34. The smallest absolute Gasteiger partial charge is 0.410 e. The molecule has 0 spiro atoms. The monoisotopic (exact) mass is 390 g/mol. The van der Waals surface area contributed by atoms with Crippen molar-refractivity contribution in [2.24, 2.45) is 5.92 Å². The van der Waals surface area contributed by atoms with Crippen molar-refractivity contribution in [2.75, 3.05) is 14.1 Å². The molecule has 0 radical (unpaired) electrons. The van der Waals surface area contributed by atoms with Gasteiger partial charge in [-0.1, -0.05) is 37.3 Å². The summed E-state index contributed by atoms with van der Waals surface area (Å²) in [5.74, 6) is 0.943. The first-order valence-corrected chi connectivity index (χ1v) is 10.4. The summed E-state index contributed by atoms with van der Waals surface area (Å²) in [4.78, 5) is 15.6. The van der Waals surface area contributed by atoms with Crippen LogP contribution in [0.2, 0.25) is 0 Å². The van der Waals surface area contributed by atoms with E-state index >= 15 is 0 Å². The van der Waals surface area contributed by atoms with Gasteiger partial charge in [-0.15, -0.1) is 0 Å². The first kappa shape index (κ1) is 22.7. The summed E-state index contributed by atoms with van der Waals surface area (Å²) in [7, 11) is 3.95. The Balaban J connectivity index is 0.000000200. The van der Waals surface area contributed by atoms with E-state index in [-0.39, 0.29) is 18.2 Å². The Bertz CT molecular complexity index is 602. The van der Waals surface area contributed by atoms with Crippen LogP contribution < -0.4 is 0 Å². The Morgan fingerprint density at radius 3 is 2.11 bits per heavy atom. The maximum absolute atomic E-state index is 11.5. The number of hydrogen-bond donors (Lipinski definition) is 1. The van der Waals surface area contributed by atoms with Gasteiger partial charge in [0.2, 0.25) is 0 Å². The van der Waals surface area contributed by atoms with Gasteiger partial charge in [-0.2, -0.15) is 0 Å². The molecule has 1 amide bonds. The second kappa shape index (κ2) is 9.75. The highest BCUT2D eigenvalue weighted by atomic mass is 16.6. The van der Waals surface area contributed by atoms with Crippen molar-refractivity contribution >= 4 is 6.09 Å². The fourth-order valence-corrected chi connectivity index (χ4v) is 3.58. The molecule has 0 heterocycles. The van der Waals surface area contributed by atoms with Crippen LogP contribution in [0.1, 0.15) is 58.9 Å². The lowest BCUT2D eigenvalue weighted by molar-refractivity contribution is -0.0157. The average molecular weight is 391 g/mol. The van der Waals surface area contributed by atoms with Crippen LogP contribution in [0.15, 0.2) is 30.3 Å². The minimum absolute atomic E-state index is 0.139. The second-order valence-corrected chi connectivity index (χ2v) is 9.50. The highest BCUT2D eigenvalue weighted by molar-refractivity contribution is 5.68. The summed E-state index contributed by atoms with van der Waals surface area (Å²) >= 11 is 0. The van der Waals surface area contributed by atoms with E-state index in [1.807, 2.05) is 20.8 Å². The first-order chi connectivity index (χ1) is 13.0. The van der Waals surface area contributed by atoms with Gasteiger partial charge < -0.3 is 14.7 Å². The maximum atomic E-state index is 11.5. The zero-order chi connectivity index (χ0) is 20.9. The number of amides is 1. The Labute approximate surface area is 170 Å². The van der Waals surface area contributed by atoms with Crippen LogP contribution in [-0.4, -0.2) is 58.9 Å². The van der Waals surface area contributed by atoms with E-state index < -0.39 is 5.60 Å². The van der Waals surface area contributed by atoms with Crippen molar-refractivity contribution < 1.29 is 14.6 Å². The van der Waals surface area contributed by atoms with Gasteiger partial charge in [0.25, 0.3) is 0 Å². The molecule has 0 aromatic heterocycles. The first-order valence-electron chi connectivity index (χ1n) is 10.4. The van der Waals surface area contributed by atoms with Gasteiger partial charge >= 0.3 is 6.09 Å². The number of ether oxygens (including phenoxy) is 1. The van der Waals surface area contributed by atoms with E-state index in [0.29, 0.717) is 12.8 Å². The number of nitrogens with zero attached hydrogens (tertiary/aromatic N) is 2. The summed E-state index contributed by atoms with van der Waals surface area (Å²) < 4.78 is 5.20. The van der Waals surface area contributed by atoms with Gasteiger partial charge in [0.1, 0.15) is 5.60 Å². The number of carbonyl (C=O) groups excluding carboxylic acids is 1. The summed E-state index contributed by atoms with van der Waals surface area (Å²) in [6.07, 6.45) is 3.53. The lowest BCUT2D eigenvalue weighted by atomic mass is 9.81. The topological polar surface area (TPSA) is 53.0 Å². The van der Waals surface area contributed by atoms with Gasteiger partial charge in [-0.05, 0) is 65.0 Å². The number of benzene rings is 1. The van der Waals surface area contributed by atoms with Gasteiger partial charge in [0.05, 0.1) is 6.10 Å². The Morgan fingerprint density at radius 1 is 1.07 bits per heavy atom. The van der Waals surface area contributed by atoms with Crippen LogP contribution in [0.3, 0.4) is 0 Å². The van der Waals surface area contributed by atoms with Gasteiger partial charge in [-0.3, -0.25) is 4.90 Å². The van der Waals surface area contributed by atoms with Crippen molar-refractivity contribution in [1.29, 1.82) is 0 Å². The lowest BCUT2D eigenvalue weighted by Gasteiger charge is -2.39. The molecule has 28 heavy (non-hydrogen) atoms. The molecule has 0 saturated heterocycles. The summed E-state index contributed by atoms with van der Waals surface area (Å²) in [5.41, 5.74) is 0.975. The van der Waals surface area contributed by atoms with Crippen LogP contribution >= 0.6 is 0 Å². The molecule has 0 bridgehead atoms. The fourth-order valence-electron chi connectivity index (χ4n) is 3.58. The molecular formula is C23H38N2O3. The third-order valence-corrected chi connectivity index (χ3v) is 5.56. The van der Waals surface area contributed by atoms with Crippen LogP contribution in [0.25, 0.3) is 0 Å². The minimum Gasteiger partial charge on any atom is -0.444 e. The molecule has 5 heteroatoms. The van der Waals surface area contributed by atoms with Crippen molar-refractivity contribution in [3.05, 3.63) is 35.9 Å². The standard InChI is InChI=1S/C13H19N.C10H19NO3/c1-11-8-13(9-11)14(2)10-12-6-4-3-5-7-12;1-10(2,3)14-9(13)11(4)7-5-8(12)6-7/h3-7,11,13H,8-10H2,1-2H3;7-8,12H,5-6H2,1-4H3. The minimum atomic E-state index is -0.451. The van der Waals surface area contributed by atoms with Gasteiger partial charge in [0, 0.05) is 25.7 Å². The van der Waals surface area contributed by atoms with Crippen LogP contribution in [-0.2, 0) is 11.3 Å². The van der Waals surface area contributed by atoms with E-state index in [1.165, 1.54) is 18.4 Å². The zero-order valence-electron chi connectivity index (χ0n) is 18.4. The fraction of sp³-hybridized carbons (Fsp3) is 0.696. The Morgan fingerprint density at radius 2 is 1.64 bits per heavy atom. The quantitative estimate of drug-likeness (QED) is 0.833. The van der Waals surface area contributed by atoms with Gasteiger partial charge in [-0.25, -0.2) is 4.79 Å². The molecule has 0 atom stereocenters. The van der Waals surface area contributed by atoms with Crippen molar-refractivity contribution in [3.8, 4) is 0 Å². The second-order valence-electron chi connectivity index (χ2n) is 9.50. The van der Waals surface area contributed by atoms with E-state index in [9.17, 15) is 4.79 Å². The maximum Gasteiger partial charge on any atom is 0.410 e. The van der Waals surface area contributed by atoms with Crippen molar-refractivity contribution in [3.63, 3.8) is 0 Å². The molecule has 2 aliphatic carbocycles. The van der Waals surface area contributed by atoms with Crippen molar-refractivity contribution in [2.45, 2.75) is 83.7 Å². The summed E-state index contributed by atoms with van der Waals surface area (Å²) in [6, 6.07) is 11.7. The zero-order valence-corrected chi connectivity index (χ0v) is 18.4.